The summed E-state index contributed by atoms with van der Waals surface area (Å²) in [7, 11) is -3.62. The van der Waals surface area contributed by atoms with E-state index in [9.17, 15) is 22.0 Å². The molecule has 1 aliphatic carbocycles. The molecule has 1 N–H and O–H groups in total. The average molecular weight is 275 g/mol. The minimum absolute atomic E-state index is 0.114. The second-order valence-corrected chi connectivity index (χ2v) is 6.10. The van der Waals surface area contributed by atoms with E-state index in [1.54, 1.807) is 0 Å². The van der Waals surface area contributed by atoms with Gasteiger partial charge in [0.05, 0.1) is 6.26 Å². The Morgan fingerprint density at radius 3 is 2.67 bits per heavy atom. The van der Waals surface area contributed by atoms with E-state index >= 15 is 0 Å². The van der Waals surface area contributed by atoms with Gasteiger partial charge in [-0.2, -0.15) is 0 Å². The van der Waals surface area contributed by atoms with E-state index in [0.29, 0.717) is 6.42 Å². The maximum Gasteiger partial charge on any atom is 0.237 e. The molecule has 0 radical (unpaired) electrons. The molecule has 7 heteroatoms. The highest BCUT2D eigenvalue weighted by Gasteiger charge is 2.46. The number of hydrogen-bond donors (Lipinski definition) is 1. The average Bonchev–Trinajstić information content (AvgIpc) is 2.99. The van der Waals surface area contributed by atoms with Crippen LogP contribution < -0.4 is 4.72 Å². The van der Waals surface area contributed by atoms with Crippen molar-refractivity contribution in [2.75, 3.05) is 6.26 Å². The summed E-state index contributed by atoms with van der Waals surface area (Å²) in [5, 5.41) is 0. The molecule has 2 atom stereocenters. The fourth-order valence-corrected chi connectivity index (χ4v) is 2.40. The third kappa shape index (κ3) is 2.84. The van der Waals surface area contributed by atoms with Crippen molar-refractivity contribution in [1.29, 1.82) is 0 Å². The fraction of sp³-hybridized carbons (Fsp3) is 0.364. The Morgan fingerprint density at radius 1 is 1.39 bits per heavy atom. The summed E-state index contributed by atoms with van der Waals surface area (Å²) in [4.78, 5) is 11.5. The fourth-order valence-electron chi connectivity index (χ4n) is 1.89. The smallest absolute Gasteiger partial charge is 0.237 e. The summed E-state index contributed by atoms with van der Waals surface area (Å²) in [6, 6.07) is 3.02. The lowest BCUT2D eigenvalue weighted by molar-refractivity contribution is -0.120. The molecule has 4 nitrogen and oxygen atoms in total. The van der Waals surface area contributed by atoms with Crippen LogP contribution in [0.2, 0.25) is 0 Å². The predicted octanol–water partition coefficient (Wildman–Crippen LogP) is 1.14. The molecule has 1 aromatic carbocycles. The molecular weight excluding hydrogens is 264 g/mol. The summed E-state index contributed by atoms with van der Waals surface area (Å²) in [5.41, 5.74) is 0.114. The monoisotopic (exact) mass is 275 g/mol. The molecule has 0 bridgehead atoms. The lowest BCUT2D eigenvalue weighted by Crippen LogP contribution is -2.30. The van der Waals surface area contributed by atoms with Crippen LogP contribution in [0.4, 0.5) is 8.78 Å². The van der Waals surface area contributed by atoms with Crippen LogP contribution in [-0.2, 0) is 14.8 Å². The molecule has 0 aromatic heterocycles. The Kier molecular flexibility index (Phi) is 3.10. The van der Waals surface area contributed by atoms with E-state index in [2.05, 4.69) is 0 Å². The number of hydrogen-bond acceptors (Lipinski definition) is 3. The van der Waals surface area contributed by atoms with Gasteiger partial charge in [-0.05, 0) is 36.1 Å². The first-order valence-electron chi connectivity index (χ1n) is 5.24. The van der Waals surface area contributed by atoms with Crippen molar-refractivity contribution in [2.45, 2.75) is 12.3 Å². The molecule has 0 spiro atoms. The van der Waals surface area contributed by atoms with Gasteiger partial charge in [-0.25, -0.2) is 17.2 Å². The van der Waals surface area contributed by atoms with Gasteiger partial charge in [-0.3, -0.25) is 9.52 Å². The third-order valence-electron chi connectivity index (χ3n) is 2.77. The summed E-state index contributed by atoms with van der Waals surface area (Å²) >= 11 is 0. The summed E-state index contributed by atoms with van der Waals surface area (Å²) in [6.45, 7) is 0. The van der Waals surface area contributed by atoms with Crippen LogP contribution in [0, 0.1) is 17.6 Å². The van der Waals surface area contributed by atoms with E-state index in [0.717, 1.165) is 24.5 Å². The molecule has 1 aromatic rings. The number of rotatable bonds is 3. The van der Waals surface area contributed by atoms with E-state index < -0.39 is 39.4 Å². The Bertz CT molecular complexity index is 600. The SMILES string of the molecule is CS(=O)(=O)NC(=O)[C@@H]1C[C@H]1c1cc(F)ccc1F. The zero-order valence-electron chi connectivity index (χ0n) is 9.48. The van der Waals surface area contributed by atoms with Crippen LogP contribution in [0.5, 0.6) is 0 Å². The molecule has 0 unspecified atom stereocenters. The van der Waals surface area contributed by atoms with Gasteiger partial charge in [-0.1, -0.05) is 0 Å². The minimum Gasteiger partial charge on any atom is -0.274 e. The number of carbonyl (C=O) groups excluding carboxylic acids is 1. The molecule has 1 amide bonds. The summed E-state index contributed by atoms with van der Waals surface area (Å²) in [6.07, 6.45) is 1.19. The predicted molar refractivity (Wildman–Crippen MR) is 60.2 cm³/mol. The van der Waals surface area contributed by atoms with Gasteiger partial charge in [0.15, 0.2) is 0 Å². The highest BCUT2D eigenvalue weighted by Crippen LogP contribution is 2.48. The molecule has 0 aliphatic heterocycles. The first-order chi connectivity index (χ1) is 8.28. The van der Waals surface area contributed by atoms with Crippen LogP contribution in [0.15, 0.2) is 18.2 Å². The van der Waals surface area contributed by atoms with Crippen molar-refractivity contribution in [2.24, 2.45) is 5.92 Å². The number of sulfonamides is 1. The Hall–Kier alpha value is -1.50. The van der Waals surface area contributed by atoms with Crippen LogP contribution in [0.3, 0.4) is 0 Å². The number of nitrogens with one attached hydrogen (secondary N) is 1. The van der Waals surface area contributed by atoms with Crippen LogP contribution >= 0.6 is 0 Å². The summed E-state index contributed by atoms with van der Waals surface area (Å²) in [5.74, 6) is -2.92. The lowest BCUT2D eigenvalue weighted by Gasteiger charge is -2.03. The second kappa shape index (κ2) is 4.31. The highest BCUT2D eigenvalue weighted by atomic mass is 32.2. The number of carbonyl (C=O) groups is 1. The molecule has 2 rings (SSSR count). The van der Waals surface area contributed by atoms with Crippen molar-refractivity contribution in [3.8, 4) is 0 Å². The van der Waals surface area contributed by atoms with Gasteiger partial charge < -0.3 is 0 Å². The van der Waals surface area contributed by atoms with E-state index in [1.165, 1.54) is 0 Å². The maximum atomic E-state index is 13.4. The van der Waals surface area contributed by atoms with E-state index in [1.807, 2.05) is 4.72 Å². The first-order valence-corrected chi connectivity index (χ1v) is 7.13. The lowest BCUT2D eigenvalue weighted by atomic mass is 10.1. The second-order valence-electron chi connectivity index (χ2n) is 4.35. The van der Waals surface area contributed by atoms with E-state index in [-0.39, 0.29) is 5.56 Å². The van der Waals surface area contributed by atoms with Crippen LogP contribution in [-0.4, -0.2) is 20.6 Å². The Balaban J connectivity index is 2.11. The number of amides is 1. The molecule has 0 heterocycles. The Morgan fingerprint density at radius 2 is 2.06 bits per heavy atom. The molecule has 1 aliphatic rings. The standard InChI is InChI=1S/C11H11F2NO3S/c1-18(16,17)14-11(15)9-5-7(9)8-4-6(12)2-3-10(8)13/h2-4,7,9H,5H2,1H3,(H,14,15)/t7-,9+/m0/s1. The highest BCUT2D eigenvalue weighted by molar-refractivity contribution is 7.89. The van der Waals surface area contributed by atoms with Crippen LogP contribution in [0.1, 0.15) is 17.9 Å². The van der Waals surface area contributed by atoms with Gasteiger partial charge >= 0.3 is 0 Å². The van der Waals surface area contributed by atoms with Gasteiger partial charge in [0.25, 0.3) is 0 Å². The van der Waals surface area contributed by atoms with Gasteiger partial charge in [-0.15, -0.1) is 0 Å². The van der Waals surface area contributed by atoms with Crippen molar-refractivity contribution in [1.82, 2.24) is 4.72 Å². The van der Waals surface area contributed by atoms with Crippen molar-refractivity contribution < 1.29 is 22.0 Å². The number of halogens is 2. The largest absolute Gasteiger partial charge is 0.274 e. The van der Waals surface area contributed by atoms with Gasteiger partial charge in [0, 0.05) is 5.92 Å². The number of benzene rings is 1. The summed E-state index contributed by atoms with van der Waals surface area (Å²) < 4.78 is 50.0. The normalized spacial score (nSPS) is 22.6. The quantitative estimate of drug-likeness (QED) is 0.900. The molecule has 1 fully saturated rings. The first kappa shape index (κ1) is 12.9. The molecule has 18 heavy (non-hydrogen) atoms. The Labute approximate surface area is 103 Å². The maximum absolute atomic E-state index is 13.4. The van der Waals surface area contributed by atoms with Crippen LogP contribution in [0.25, 0.3) is 0 Å². The molecule has 0 saturated heterocycles. The minimum atomic E-state index is -3.62. The molecule has 98 valence electrons. The molecular formula is C11H11F2NO3S. The third-order valence-corrected chi connectivity index (χ3v) is 3.34. The van der Waals surface area contributed by atoms with Gasteiger partial charge in [0.1, 0.15) is 11.6 Å². The van der Waals surface area contributed by atoms with Crippen molar-refractivity contribution >= 4 is 15.9 Å². The van der Waals surface area contributed by atoms with E-state index in [4.69, 9.17) is 0 Å². The zero-order valence-corrected chi connectivity index (χ0v) is 10.3. The molecule has 1 saturated carbocycles. The topological polar surface area (TPSA) is 63.2 Å². The van der Waals surface area contributed by atoms with Crippen molar-refractivity contribution in [3.05, 3.63) is 35.4 Å². The van der Waals surface area contributed by atoms with Crippen molar-refractivity contribution in [3.63, 3.8) is 0 Å². The zero-order chi connectivity index (χ0) is 13.5. The van der Waals surface area contributed by atoms with Gasteiger partial charge in [0.2, 0.25) is 15.9 Å².